The number of aliphatic hydroxyl groups is 1. The molecule has 0 saturated carbocycles. The summed E-state index contributed by atoms with van der Waals surface area (Å²) in [5.74, 6) is 1.01. The van der Waals surface area contributed by atoms with Crippen LogP contribution in [0.25, 0.3) is 0 Å². The Morgan fingerprint density at radius 3 is 2.47 bits per heavy atom. The monoisotopic (exact) mass is 224 g/mol. The van der Waals surface area contributed by atoms with Gasteiger partial charge in [-0.2, -0.15) is 11.8 Å². The molecule has 0 saturated heterocycles. The molecular formula is C13H20OS. The zero-order chi connectivity index (χ0) is 11.1. The molecule has 1 N–H and O–H groups in total. The van der Waals surface area contributed by atoms with Crippen molar-refractivity contribution >= 4 is 11.8 Å². The number of hydrogen-bond acceptors (Lipinski definition) is 2. The van der Waals surface area contributed by atoms with E-state index < -0.39 is 0 Å². The van der Waals surface area contributed by atoms with Crippen LogP contribution in [-0.2, 0) is 6.42 Å². The number of aryl methyl sites for hydroxylation is 1. The minimum absolute atomic E-state index is 0.298. The van der Waals surface area contributed by atoms with Gasteiger partial charge >= 0.3 is 0 Å². The lowest BCUT2D eigenvalue weighted by Gasteiger charge is -2.10. The third-order valence-electron chi connectivity index (χ3n) is 2.50. The van der Waals surface area contributed by atoms with E-state index in [2.05, 4.69) is 37.4 Å². The van der Waals surface area contributed by atoms with E-state index in [-0.39, 0.29) is 6.10 Å². The smallest absolute Gasteiger partial charge is 0.0797 e. The van der Waals surface area contributed by atoms with Crippen LogP contribution in [0.4, 0.5) is 0 Å². The Hall–Kier alpha value is -0.470. The average molecular weight is 224 g/mol. The van der Waals surface area contributed by atoms with Crippen molar-refractivity contribution in [2.45, 2.75) is 32.3 Å². The number of aliphatic hydroxyl groups excluding tert-OH is 1. The van der Waals surface area contributed by atoms with Gasteiger partial charge in [0.15, 0.2) is 0 Å². The topological polar surface area (TPSA) is 20.2 Å². The van der Waals surface area contributed by atoms with Crippen molar-refractivity contribution in [1.82, 2.24) is 0 Å². The minimum Gasteiger partial charge on any atom is -0.388 e. The lowest BCUT2D eigenvalue weighted by atomic mass is 10.0. The third-order valence-corrected chi connectivity index (χ3v) is 3.14. The van der Waals surface area contributed by atoms with Gasteiger partial charge in [0, 0.05) is 0 Å². The van der Waals surface area contributed by atoms with Gasteiger partial charge in [0.2, 0.25) is 0 Å². The number of thioether (sulfide) groups is 1. The predicted molar refractivity (Wildman–Crippen MR) is 68.4 cm³/mol. The average Bonchev–Trinajstić information content (AvgIpc) is 2.27. The molecule has 1 rings (SSSR count). The zero-order valence-electron chi connectivity index (χ0n) is 9.57. The van der Waals surface area contributed by atoms with Gasteiger partial charge in [-0.1, -0.05) is 37.6 Å². The van der Waals surface area contributed by atoms with Crippen LogP contribution in [0.15, 0.2) is 24.3 Å². The summed E-state index contributed by atoms with van der Waals surface area (Å²) >= 11 is 1.78. The van der Waals surface area contributed by atoms with Crippen LogP contribution in [0, 0.1) is 0 Å². The van der Waals surface area contributed by atoms with Crippen LogP contribution in [-0.4, -0.2) is 17.1 Å². The van der Waals surface area contributed by atoms with Crippen molar-refractivity contribution in [1.29, 1.82) is 0 Å². The first-order valence-electron chi connectivity index (χ1n) is 5.53. The summed E-state index contributed by atoms with van der Waals surface area (Å²) in [4.78, 5) is 0. The largest absolute Gasteiger partial charge is 0.388 e. The van der Waals surface area contributed by atoms with E-state index in [9.17, 15) is 5.11 Å². The Balaban J connectivity index is 2.54. The van der Waals surface area contributed by atoms with E-state index in [0.29, 0.717) is 0 Å². The van der Waals surface area contributed by atoms with Gasteiger partial charge in [-0.15, -0.1) is 0 Å². The molecule has 0 aliphatic heterocycles. The Morgan fingerprint density at radius 1 is 1.27 bits per heavy atom. The standard InChI is InChI=1S/C13H20OS/c1-3-4-11-5-7-12(8-6-11)13(14)9-10-15-2/h5-8,13-14H,3-4,9-10H2,1-2H3. The second kappa shape index (κ2) is 6.91. The van der Waals surface area contributed by atoms with E-state index in [1.165, 1.54) is 12.0 Å². The molecule has 1 atom stereocenters. The van der Waals surface area contributed by atoms with Gasteiger partial charge in [0.05, 0.1) is 6.10 Å². The molecular weight excluding hydrogens is 204 g/mol. The Kier molecular flexibility index (Phi) is 5.81. The number of rotatable bonds is 6. The van der Waals surface area contributed by atoms with Gasteiger partial charge in [-0.3, -0.25) is 0 Å². The maximum absolute atomic E-state index is 9.86. The lowest BCUT2D eigenvalue weighted by Crippen LogP contribution is -1.99. The van der Waals surface area contributed by atoms with Crippen molar-refractivity contribution in [3.63, 3.8) is 0 Å². The van der Waals surface area contributed by atoms with Crippen molar-refractivity contribution in [3.05, 3.63) is 35.4 Å². The molecule has 0 spiro atoms. The number of hydrogen-bond donors (Lipinski definition) is 1. The summed E-state index contributed by atoms with van der Waals surface area (Å²) in [5, 5.41) is 9.86. The van der Waals surface area contributed by atoms with Crippen molar-refractivity contribution in [2.75, 3.05) is 12.0 Å². The fourth-order valence-corrected chi connectivity index (χ4v) is 2.05. The Bertz CT molecular complexity index is 268. The molecule has 1 unspecified atom stereocenters. The molecule has 0 fully saturated rings. The summed E-state index contributed by atoms with van der Waals surface area (Å²) < 4.78 is 0. The summed E-state index contributed by atoms with van der Waals surface area (Å²) in [6, 6.07) is 8.36. The molecule has 15 heavy (non-hydrogen) atoms. The van der Waals surface area contributed by atoms with Crippen LogP contribution < -0.4 is 0 Å². The highest BCUT2D eigenvalue weighted by molar-refractivity contribution is 7.98. The molecule has 0 heterocycles. The molecule has 2 heteroatoms. The maximum Gasteiger partial charge on any atom is 0.0797 e. The first-order chi connectivity index (χ1) is 7.27. The highest BCUT2D eigenvalue weighted by Gasteiger charge is 2.06. The summed E-state index contributed by atoms with van der Waals surface area (Å²) in [7, 11) is 0. The third kappa shape index (κ3) is 4.27. The predicted octanol–water partition coefficient (Wildman–Crippen LogP) is 3.43. The molecule has 0 bridgehead atoms. The molecule has 0 aromatic heterocycles. The Labute approximate surface area is 96.9 Å². The SMILES string of the molecule is CCCc1ccc(C(O)CCSC)cc1. The number of benzene rings is 1. The van der Waals surface area contributed by atoms with Crippen molar-refractivity contribution in [2.24, 2.45) is 0 Å². The van der Waals surface area contributed by atoms with Gasteiger partial charge in [-0.25, -0.2) is 0 Å². The van der Waals surface area contributed by atoms with Crippen LogP contribution in [0.3, 0.4) is 0 Å². The minimum atomic E-state index is -0.298. The molecule has 0 radical (unpaired) electrons. The van der Waals surface area contributed by atoms with E-state index in [4.69, 9.17) is 0 Å². The molecule has 1 aromatic carbocycles. The summed E-state index contributed by atoms with van der Waals surface area (Å²) in [6.45, 7) is 2.18. The molecule has 0 aliphatic carbocycles. The highest BCUT2D eigenvalue weighted by atomic mass is 32.2. The summed E-state index contributed by atoms with van der Waals surface area (Å²) in [5.41, 5.74) is 2.40. The van der Waals surface area contributed by atoms with Crippen LogP contribution >= 0.6 is 11.8 Å². The van der Waals surface area contributed by atoms with E-state index in [0.717, 1.165) is 24.2 Å². The van der Waals surface area contributed by atoms with Gasteiger partial charge < -0.3 is 5.11 Å². The fourth-order valence-electron chi connectivity index (χ4n) is 1.59. The first-order valence-corrected chi connectivity index (χ1v) is 6.93. The van der Waals surface area contributed by atoms with Gasteiger partial charge in [0.25, 0.3) is 0 Å². The second-order valence-electron chi connectivity index (χ2n) is 3.79. The lowest BCUT2D eigenvalue weighted by molar-refractivity contribution is 0.175. The normalized spacial score (nSPS) is 12.7. The summed E-state index contributed by atoms with van der Waals surface area (Å²) in [6.07, 6.45) is 4.91. The van der Waals surface area contributed by atoms with E-state index in [1.54, 1.807) is 11.8 Å². The maximum atomic E-state index is 9.86. The Morgan fingerprint density at radius 2 is 1.93 bits per heavy atom. The van der Waals surface area contributed by atoms with Crippen LogP contribution in [0.5, 0.6) is 0 Å². The van der Waals surface area contributed by atoms with Gasteiger partial charge in [-0.05, 0) is 36.0 Å². The molecule has 84 valence electrons. The fraction of sp³-hybridized carbons (Fsp3) is 0.538. The van der Waals surface area contributed by atoms with Gasteiger partial charge in [0.1, 0.15) is 0 Å². The van der Waals surface area contributed by atoms with Crippen LogP contribution in [0.2, 0.25) is 0 Å². The molecule has 1 nitrogen and oxygen atoms in total. The van der Waals surface area contributed by atoms with Crippen LogP contribution in [0.1, 0.15) is 37.0 Å². The van der Waals surface area contributed by atoms with Crippen molar-refractivity contribution in [3.8, 4) is 0 Å². The molecule has 0 aliphatic rings. The highest BCUT2D eigenvalue weighted by Crippen LogP contribution is 2.19. The second-order valence-corrected chi connectivity index (χ2v) is 4.77. The molecule has 0 amide bonds. The van der Waals surface area contributed by atoms with Crippen molar-refractivity contribution < 1.29 is 5.11 Å². The zero-order valence-corrected chi connectivity index (χ0v) is 10.4. The first kappa shape index (κ1) is 12.6. The molecule has 1 aromatic rings. The quantitative estimate of drug-likeness (QED) is 0.799. The van der Waals surface area contributed by atoms with E-state index >= 15 is 0 Å². The van der Waals surface area contributed by atoms with E-state index in [1.807, 2.05) is 0 Å².